The summed E-state index contributed by atoms with van der Waals surface area (Å²) in [7, 11) is 0. The van der Waals surface area contributed by atoms with Gasteiger partial charge in [-0.05, 0) is 93.8 Å². The van der Waals surface area contributed by atoms with Gasteiger partial charge in [0.05, 0.1) is 6.61 Å². The molecule has 0 aromatic carbocycles. The van der Waals surface area contributed by atoms with Crippen LogP contribution in [-0.4, -0.2) is 41.8 Å². The summed E-state index contributed by atoms with van der Waals surface area (Å²) < 4.78 is 17.0. The predicted octanol–water partition coefficient (Wildman–Crippen LogP) is 3.52. The van der Waals surface area contributed by atoms with Crippen LogP contribution in [0.3, 0.4) is 0 Å². The van der Waals surface area contributed by atoms with Gasteiger partial charge in [-0.15, -0.1) is 0 Å². The molecule has 1 spiro atoms. The molecule has 1 heterocycles. The second-order valence-corrected chi connectivity index (χ2v) is 11.9. The Morgan fingerprint density at radius 2 is 1.73 bits per heavy atom. The van der Waals surface area contributed by atoms with E-state index in [0.29, 0.717) is 30.1 Å². The number of carbonyl (C=O) groups is 3. The summed E-state index contributed by atoms with van der Waals surface area (Å²) in [5.41, 5.74) is 3.34. The molecule has 9 atom stereocenters. The smallest absolute Gasteiger partial charge is 0.351 e. The van der Waals surface area contributed by atoms with Gasteiger partial charge in [0.15, 0.2) is 0 Å². The molecule has 0 unspecified atom stereocenters. The lowest BCUT2D eigenvalue weighted by atomic mass is 9.44. The van der Waals surface area contributed by atoms with Crippen LogP contribution in [0.4, 0.5) is 0 Å². The topological polar surface area (TPSA) is 108 Å². The maximum absolute atomic E-state index is 12.9. The van der Waals surface area contributed by atoms with Gasteiger partial charge in [0.1, 0.15) is 11.7 Å². The number of esters is 2. The van der Waals surface area contributed by atoms with Gasteiger partial charge >= 0.3 is 11.9 Å². The van der Waals surface area contributed by atoms with Crippen molar-refractivity contribution >= 4 is 17.8 Å². The van der Waals surface area contributed by atoms with E-state index in [1.165, 1.54) is 6.92 Å². The van der Waals surface area contributed by atoms with Gasteiger partial charge in [-0.2, -0.15) is 0 Å². The molecule has 0 aromatic rings. The van der Waals surface area contributed by atoms with Crippen LogP contribution in [0, 0.1) is 34.5 Å². The first-order valence-corrected chi connectivity index (χ1v) is 12.9. The number of amides is 1. The minimum Gasteiger partial charge on any atom is -0.463 e. The molecular formula is C26H39NO6. The Morgan fingerprint density at radius 3 is 2.39 bits per heavy atom. The van der Waals surface area contributed by atoms with Crippen molar-refractivity contribution in [1.82, 2.24) is 0 Å². The fourth-order valence-corrected chi connectivity index (χ4v) is 9.33. The molecule has 7 heteroatoms. The highest BCUT2D eigenvalue weighted by molar-refractivity contribution is 6.10. The molecule has 5 rings (SSSR count). The number of nitrogens with two attached hydrogens (primary N) is 1. The van der Waals surface area contributed by atoms with Crippen molar-refractivity contribution in [2.24, 2.45) is 40.2 Å². The lowest BCUT2D eigenvalue weighted by molar-refractivity contribution is -0.160. The molecule has 184 valence electrons. The third-order valence-corrected chi connectivity index (χ3v) is 10.8. The summed E-state index contributed by atoms with van der Waals surface area (Å²) in [6.07, 6.45) is 9.02. The van der Waals surface area contributed by atoms with Crippen molar-refractivity contribution in [2.75, 3.05) is 6.61 Å². The fraction of sp³-hybridized carbons (Fsp3) is 0.885. The Balaban J connectivity index is 1.39. The van der Waals surface area contributed by atoms with Crippen molar-refractivity contribution in [2.45, 2.75) is 103 Å². The average molecular weight is 462 g/mol. The second kappa shape index (κ2) is 7.43. The van der Waals surface area contributed by atoms with E-state index in [1.54, 1.807) is 6.92 Å². The van der Waals surface area contributed by atoms with Crippen LogP contribution in [0.1, 0.15) is 85.5 Å². The third kappa shape index (κ3) is 2.86. The molecule has 7 nitrogen and oxygen atoms in total. The normalized spacial score (nSPS) is 50.0. The Hall–Kier alpha value is -1.63. The molecule has 0 radical (unpaired) electrons. The SMILES string of the molecule is CCOC(=O)[C@@]1(C(N)=O)O[C@@]12CC[C@@H]1[C@H]3CC[C@H]4C[C@@H](OC(C)=O)CC[C@]4(C)[C@H]3CC[C@@]12C. The van der Waals surface area contributed by atoms with E-state index >= 15 is 0 Å². The molecule has 1 amide bonds. The van der Waals surface area contributed by atoms with Crippen molar-refractivity contribution in [3.63, 3.8) is 0 Å². The molecule has 0 bridgehead atoms. The number of carbonyl (C=O) groups excluding carboxylic acids is 3. The minimum absolute atomic E-state index is 0.0568. The average Bonchev–Trinajstić information content (AvgIpc) is 3.36. The van der Waals surface area contributed by atoms with Crippen LogP contribution < -0.4 is 5.73 Å². The van der Waals surface area contributed by atoms with Gasteiger partial charge in [0, 0.05) is 12.3 Å². The zero-order chi connectivity index (χ0) is 23.8. The first-order valence-electron chi connectivity index (χ1n) is 12.9. The van der Waals surface area contributed by atoms with Crippen molar-refractivity contribution in [3.05, 3.63) is 0 Å². The summed E-state index contributed by atoms with van der Waals surface area (Å²) in [5.74, 6) is 0.684. The molecule has 5 fully saturated rings. The van der Waals surface area contributed by atoms with E-state index in [4.69, 9.17) is 19.9 Å². The Labute approximate surface area is 196 Å². The Morgan fingerprint density at radius 1 is 1.00 bits per heavy atom. The van der Waals surface area contributed by atoms with Gasteiger partial charge in [0.2, 0.25) is 0 Å². The molecule has 5 aliphatic rings. The number of ether oxygens (including phenoxy) is 3. The van der Waals surface area contributed by atoms with Crippen LogP contribution in [0.15, 0.2) is 0 Å². The van der Waals surface area contributed by atoms with Crippen molar-refractivity contribution < 1.29 is 28.6 Å². The van der Waals surface area contributed by atoms with E-state index in [9.17, 15) is 14.4 Å². The van der Waals surface area contributed by atoms with E-state index in [1.807, 2.05) is 0 Å². The van der Waals surface area contributed by atoms with E-state index in [2.05, 4.69) is 13.8 Å². The van der Waals surface area contributed by atoms with Crippen LogP contribution in [0.5, 0.6) is 0 Å². The van der Waals surface area contributed by atoms with Crippen LogP contribution in [-0.2, 0) is 28.6 Å². The first kappa shape index (κ1) is 23.1. The van der Waals surface area contributed by atoms with Crippen molar-refractivity contribution in [3.8, 4) is 0 Å². The molecule has 4 aliphatic carbocycles. The summed E-state index contributed by atoms with van der Waals surface area (Å²) in [4.78, 5) is 37.0. The van der Waals surface area contributed by atoms with E-state index < -0.39 is 23.1 Å². The van der Waals surface area contributed by atoms with E-state index in [0.717, 1.165) is 51.4 Å². The summed E-state index contributed by atoms with van der Waals surface area (Å²) in [6, 6.07) is 0. The minimum atomic E-state index is -1.62. The Kier molecular flexibility index (Phi) is 5.21. The lowest BCUT2D eigenvalue weighted by Gasteiger charge is -2.60. The predicted molar refractivity (Wildman–Crippen MR) is 120 cm³/mol. The molecule has 33 heavy (non-hydrogen) atoms. The summed E-state index contributed by atoms with van der Waals surface area (Å²) in [6.45, 7) is 8.14. The molecule has 1 aliphatic heterocycles. The molecule has 4 saturated carbocycles. The number of primary amides is 1. The van der Waals surface area contributed by atoms with Gasteiger partial charge in [-0.25, -0.2) is 4.79 Å². The molecule has 1 saturated heterocycles. The number of fused-ring (bicyclic) bond motifs is 6. The zero-order valence-electron chi connectivity index (χ0n) is 20.5. The van der Waals surface area contributed by atoms with Crippen LogP contribution in [0.2, 0.25) is 0 Å². The quantitative estimate of drug-likeness (QED) is 0.390. The zero-order valence-corrected chi connectivity index (χ0v) is 20.5. The standard InChI is InChI=1S/C26H39NO6/c1-5-31-22(30)26(21(27)29)25(33-26)13-10-20-18-7-6-16-14-17(32-15(2)28)8-11-23(16,3)19(18)9-12-24(20,25)4/h16-20H,5-14H2,1-4H3,(H2,27,29)/t16-,17-,18-,19-,20+,23-,24-,25+,26+/m0/s1. The van der Waals surface area contributed by atoms with Gasteiger partial charge in [0.25, 0.3) is 11.5 Å². The van der Waals surface area contributed by atoms with Crippen LogP contribution >= 0.6 is 0 Å². The summed E-state index contributed by atoms with van der Waals surface area (Å²) >= 11 is 0. The number of hydrogen-bond donors (Lipinski definition) is 1. The third-order valence-electron chi connectivity index (χ3n) is 10.8. The summed E-state index contributed by atoms with van der Waals surface area (Å²) in [5, 5.41) is 0. The highest BCUT2D eigenvalue weighted by atomic mass is 16.7. The number of epoxide rings is 1. The largest absolute Gasteiger partial charge is 0.463 e. The number of rotatable bonds is 4. The van der Waals surface area contributed by atoms with Crippen molar-refractivity contribution in [1.29, 1.82) is 0 Å². The highest BCUT2D eigenvalue weighted by Gasteiger charge is 2.88. The molecule has 0 aromatic heterocycles. The van der Waals surface area contributed by atoms with Crippen LogP contribution in [0.25, 0.3) is 0 Å². The van der Waals surface area contributed by atoms with E-state index in [-0.39, 0.29) is 29.5 Å². The van der Waals surface area contributed by atoms with Gasteiger partial charge in [-0.1, -0.05) is 13.8 Å². The lowest BCUT2D eigenvalue weighted by Crippen LogP contribution is -2.57. The van der Waals surface area contributed by atoms with Gasteiger partial charge in [-0.3, -0.25) is 9.59 Å². The maximum Gasteiger partial charge on any atom is 0.351 e. The first-order chi connectivity index (χ1) is 15.6. The Bertz CT molecular complexity index is 875. The molecular weight excluding hydrogens is 422 g/mol. The highest BCUT2D eigenvalue weighted by Crippen LogP contribution is 2.76. The maximum atomic E-state index is 12.9. The fourth-order valence-electron chi connectivity index (χ4n) is 9.33. The monoisotopic (exact) mass is 461 g/mol. The van der Waals surface area contributed by atoms with Gasteiger partial charge < -0.3 is 19.9 Å². The molecule has 2 N–H and O–H groups in total. The number of hydrogen-bond acceptors (Lipinski definition) is 6. The second-order valence-electron chi connectivity index (χ2n) is 11.9.